The lowest BCUT2D eigenvalue weighted by atomic mass is 10.2. The van der Waals surface area contributed by atoms with Crippen LogP contribution in [0.2, 0.25) is 0 Å². The van der Waals surface area contributed by atoms with Gasteiger partial charge in [0.15, 0.2) is 11.0 Å². The van der Waals surface area contributed by atoms with Gasteiger partial charge in [-0.15, -0.1) is 10.2 Å². The van der Waals surface area contributed by atoms with Gasteiger partial charge >= 0.3 is 0 Å². The van der Waals surface area contributed by atoms with E-state index in [2.05, 4.69) is 20.5 Å². The van der Waals surface area contributed by atoms with Gasteiger partial charge in [0.1, 0.15) is 0 Å². The molecule has 26 heavy (non-hydrogen) atoms. The standard InChI is InChI=1S/C19H21N5OS/c1-4-24-17(15-9-11-20-12-10-15)22-23-19(24)26-14(3)18(25)21-16-7-5-13(2)6-8-16/h5-12,14H,4H2,1-3H3,(H,21,25). The minimum atomic E-state index is -0.295. The maximum absolute atomic E-state index is 12.5. The van der Waals surface area contributed by atoms with Crippen LogP contribution in [-0.4, -0.2) is 30.9 Å². The maximum Gasteiger partial charge on any atom is 0.237 e. The van der Waals surface area contributed by atoms with E-state index >= 15 is 0 Å². The van der Waals surface area contributed by atoms with E-state index in [1.807, 2.05) is 61.7 Å². The molecular weight excluding hydrogens is 346 g/mol. The lowest BCUT2D eigenvalue weighted by molar-refractivity contribution is -0.115. The lowest BCUT2D eigenvalue weighted by Crippen LogP contribution is -2.22. The monoisotopic (exact) mass is 367 g/mol. The van der Waals surface area contributed by atoms with Crippen LogP contribution in [-0.2, 0) is 11.3 Å². The molecule has 134 valence electrons. The van der Waals surface area contributed by atoms with Crippen LogP contribution >= 0.6 is 11.8 Å². The second-order valence-corrected chi connectivity index (χ2v) is 7.21. The van der Waals surface area contributed by atoms with E-state index in [1.165, 1.54) is 11.8 Å². The number of rotatable bonds is 6. The first-order valence-electron chi connectivity index (χ1n) is 8.46. The Morgan fingerprint density at radius 1 is 1.15 bits per heavy atom. The van der Waals surface area contributed by atoms with Crippen molar-refractivity contribution in [2.45, 2.75) is 37.7 Å². The number of nitrogens with one attached hydrogen (secondary N) is 1. The van der Waals surface area contributed by atoms with E-state index in [4.69, 9.17) is 0 Å². The number of carbonyl (C=O) groups is 1. The summed E-state index contributed by atoms with van der Waals surface area (Å²) in [6.07, 6.45) is 3.46. The van der Waals surface area contributed by atoms with Crippen LogP contribution in [0.15, 0.2) is 53.9 Å². The van der Waals surface area contributed by atoms with Gasteiger partial charge in [-0.2, -0.15) is 0 Å². The normalized spacial score (nSPS) is 12.0. The molecule has 2 heterocycles. The average molecular weight is 367 g/mol. The molecule has 1 amide bonds. The number of nitrogens with zero attached hydrogens (tertiary/aromatic N) is 4. The molecule has 1 unspecified atom stereocenters. The summed E-state index contributed by atoms with van der Waals surface area (Å²) in [6.45, 7) is 6.64. The molecule has 0 bridgehead atoms. The molecule has 1 N–H and O–H groups in total. The van der Waals surface area contributed by atoms with Gasteiger partial charge < -0.3 is 9.88 Å². The highest BCUT2D eigenvalue weighted by Gasteiger charge is 2.20. The molecule has 1 atom stereocenters. The first-order chi connectivity index (χ1) is 12.6. The van der Waals surface area contributed by atoms with Crippen molar-refractivity contribution in [2.24, 2.45) is 0 Å². The first-order valence-corrected chi connectivity index (χ1v) is 9.34. The number of hydrogen-bond donors (Lipinski definition) is 1. The Labute approximate surface area is 157 Å². The van der Waals surface area contributed by atoms with Crippen molar-refractivity contribution in [3.05, 3.63) is 54.4 Å². The summed E-state index contributed by atoms with van der Waals surface area (Å²) in [5.41, 5.74) is 2.91. The van der Waals surface area contributed by atoms with Crippen LogP contribution in [0.25, 0.3) is 11.4 Å². The third-order valence-corrected chi connectivity index (χ3v) is 5.02. The Balaban J connectivity index is 1.73. The highest BCUT2D eigenvalue weighted by Crippen LogP contribution is 2.27. The quantitative estimate of drug-likeness (QED) is 0.671. The van der Waals surface area contributed by atoms with Gasteiger partial charge in [0.05, 0.1) is 5.25 Å². The molecule has 0 aliphatic rings. The van der Waals surface area contributed by atoms with Crippen LogP contribution in [0, 0.1) is 6.92 Å². The van der Waals surface area contributed by atoms with Crippen molar-refractivity contribution < 1.29 is 4.79 Å². The highest BCUT2D eigenvalue weighted by molar-refractivity contribution is 8.00. The molecule has 3 rings (SSSR count). The van der Waals surface area contributed by atoms with Crippen LogP contribution in [0.3, 0.4) is 0 Å². The summed E-state index contributed by atoms with van der Waals surface area (Å²) in [7, 11) is 0. The van der Waals surface area contributed by atoms with Gasteiger partial charge in [-0.1, -0.05) is 29.5 Å². The summed E-state index contributed by atoms with van der Waals surface area (Å²) in [5.74, 6) is 0.721. The fourth-order valence-corrected chi connectivity index (χ4v) is 3.38. The molecule has 0 radical (unpaired) electrons. The third-order valence-electron chi connectivity index (χ3n) is 3.94. The van der Waals surface area contributed by atoms with E-state index in [0.29, 0.717) is 0 Å². The Bertz CT molecular complexity index is 877. The molecule has 6 nitrogen and oxygen atoms in total. The van der Waals surface area contributed by atoms with Crippen LogP contribution in [0.4, 0.5) is 5.69 Å². The largest absolute Gasteiger partial charge is 0.325 e. The number of pyridine rings is 1. The van der Waals surface area contributed by atoms with Crippen molar-refractivity contribution in [3.63, 3.8) is 0 Å². The number of carbonyl (C=O) groups excluding carboxylic acids is 1. The predicted molar refractivity (Wildman–Crippen MR) is 104 cm³/mol. The molecule has 0 fully saturated rings. The van der Waals surface area contributed by atoms with Crippen molar-refractivity contribution in [3.8, 4) is 11.4 Å². The van der Waals surface area contributed by atoms with Gasteiger partial charge in [0.25, 0.3) is 0 Å². The van der Waals surface area contributed by atoms with Crippen molar-refractivity contribution in [1.82, 2.24) is 19.7 Å². The second-order valence-electron chi connectivity index (χ2n) is 5.90. The lowest BCUT2D eigenvalue weighted by Gasteiger charge is -2.13. The van der Waals surface area contributed by atoms with Gasteiger partial charge in [0.2, 0.25) is 5.91 Å². The zero-order valence-corrected chi connectivity index (χ0v) is 15.8. The number of anilines is 1. The SMILES string of the molecule is CCn1c(SC(C)C(=O)Nc2ccc(C)cc2)nnc1-c1ccncc1. The number of aryl methyl sites for hydroxylation is 1. The Morgan fingerprint density at radius 2 is 1.85 bits per heavy atom. The van der Waals surface area contributed by atoms with Crippen molar-refractivity contribution >= 4 is 23.4 Å². The van der Waals surface area contributed by atoms with E-state index in [0.717, 1.165) is 34.3 Å². The fourth-order valence-electron chi connectivity index (χ4n) is 2.47. The Kier molecular flexibility index (Phi) is 5.68. The number of thioether (sulfide) groups is 1. The molecule has 2 aromatic heterocycles. The molecular formula is C19H21N5OS. The smallest absolute Gasteiger partial charge is 0.237 e. The summed E-state index contributed by atoms with van der Waals surface area (Å²) in [5, 5.41) is 11.9. The van der Waals surface area contributed by atoms with Crippen LogP contribution in [0.1, 0.15) is 19.4 Å². The first kappa shape index (κ1) is 18.1. The van der Waals surface area contributed by atoms with Gasteiger partial charge in [-0.05, 0) is 45.0 Å². The van der Waals surface area contributed by atoms with Crippen molar-refractivity contribution in [1.29, 1.82) is 0 Å². The molecule has 1 aromatic carbocycles. The van der Waals surface area contributed by atoms with Gasteiger partial charge in [-0.25, -0.2) is 0 Å². The van der Waals surface area contributed by atoms with Crippen LogP contribution in [0.5, 0.6) is 0 Å². The number of benzene rings is 1. The van der Waals surface area contributed by atoms with E-state index in [9.17, 15) is 4.79 Å². The molecule has 0 aliphatic carbocycles. The number of hydrogen-bond acceptors (Lipinski definition) is 5. The predicted octanol–water partition coefficient (Wildman–Crippen LogP) is 3.79. The Hall–Kier alpha value is -2.67. The van der Waals surface area contributed by atoms with E-state index in [1.54, 1.807) is 12.4 Å². The molecule has 0 saturated heterocycles. The summed E-state index contributed by atoms with van der Waals surface area (Å²) in [4.78, 5) is 16.5. The average Bonchev–Trinajstić information content (AvgIpc) is 3.06. The summed E-state index contributed by atoms with van der Waals surface area (Å²) in [6, 6.07) is 11.6. The molecule has 0 aliphatic heterocycles. The third kappa shape index (κ3) is 4.11. The maximum atomic E-state index is 12.5. The van der Waals surface area contributed by atoms with Crippen LogP contribution < -0.4 is 5.32 Å². The Morgan fingerprint density at radius 3 is 2.50 bits per heavy atom. The minimum absolute atomic E-state index is 0.0602. The minimum Gasteiger partial charge on any atom is -0.325 e. The summed E-state index contributed by atoms with van der Waals surface area (Å²) >= 11 is 1.40. The molecule has 3 aromatic rings. The number of aromatic nitrogens is 4. The molecule has 7 heteroatoms. The zero-order chi connectivity index (χ0) is 18.5. The molecule has 0 saturated carbocycles. The zero-order valence-electron chi connectivity index (χ0n) is 15.0. The van der Waals surface area contributed by atoms with E-state index in [-0.39, 0.29) is 11.2 Å². The fraction of sp³-hybridized carbons (Fsp3) is 0.263. The summed E-state index contributed by atoms with van der Waals surface area (Å²) < 4.78 is 2.01. The van der Waals surface area contributed by atoms with E-state index < -0.39 is 0 Å². The van der Waals surface area contributed by atoms with Gasteiger partial charge in [-0.3, -0.25) is 9.78 Å². The molecule has 0 spiro atoms. The van der Waals surface area contributed by atoms with Gasteiger partial charge in [0, 0.05) is 30.2 Å². The second kappa shape index (κ2) is 8.14. The number of amides is 1. The van der Waals surface area contributed by atoms with Crippen molar-refractivity contribution in [2.75, 3.05) is 5.32 Å². The highest BCUT2D eigenvalue weighted by atomic mass is 32.2. The topological polar surface area (TPSA) is 72.7 Å².